The van der Waals surface area contributed by atoms with Crippen LogP contribution in [0.2, 0.25) is 0 Å². The van der Waals surface area contributed by atoms with Crippen LogP contribution in [0.5, 0.6) is 0 Å². The van der Waals surface area contributed by atoms with Crippen LogP contribution in [0.3, 0.4) is 0 Å². The Kier molecular flexibility index (Phi) is 5.17. The van der Waals surface area contributed by atoms with Gasteiger partial charge in [0.15, 0.2) is 0 Å². The average Bonchev–Trinajstić information content (AvgIpc) is 3.33. The molecule has 5 aromatic carbocycles. The molecule has 6 rings (SSSR count). The largest absolute Gasteiger partial charge is 0.398 e. The number of rotatable bonds is 4. The lowest BCUT2D eigenvalue weighted by Gasteiger charge is -2.10. The van der Waals surface area contributed by atoms with Crippen molar-refractivity contribution in [2.75, 3.05) is 5.73 Å². The highest BCUT2D eigenvalue weighted by molar-refractivity contribution is 7.21. The van der Waals surface area contributed by atoms with E-state index in [1.807, 2.05) is 36.4 Å². The third-order valence-electron chi connectivity index (χ3n) is 6.07. The van der Waals surface area contributed by atoms with Crippen LogP contribution in [0.25, 0.3) is 54.2 Å². The third kappa shape index (κ3) is 3.76. The fourth-order valence-corrected chi connectivity index (χ4v) is 5.43. The zero-order valence-electron chi connectivity index (χ0n) is 18.5. The summed E-state index contributed by atoms with van der Waals surface area (Å²) < 4.78 is 1.15. The molecule has 0 aliphatic heterocycles. The van der Waals surface area contributed by atoms with Gasteiger partial charge in [-0.05, 0) is 58.1 Å². The van der Waals surface area contributed by atoms with Gasteiger partial charge in [0.1, 0.15) is 5.01 Å². The van der Waals surface area contributed by atoms with E-state index in [0.717, 1.165) is 37.6 Å². The van der Waals surface area contributed by atoms with Gasteiger partial charge in [-0.2, -0.15) is 0 Å². The van der Waals surface area contributed by atoms with E-state index in [2.05, 4.69) is 84.9 Å². The van der Waals surface area contributed by atoms with Gasteiger partial charge in [-0.25, -0.2) is 4.98 Å². The van der Waals surface area contributed by atoms with Crippen LogP contribution in [0.15, 0.2) is 121 Å². The second-order valence-corrected chi connectivity index (χ2v) is 9.32. The van der Waals surface area contributed by atoms with Crippen LogP contribution in [0, 0.1) is 0 Å². The molecule has 2 nitrogen and oxygen atoms in total. The molecule has 3 heteroatoms. The first-order valence-corrected chi connectivity index (χ1v) is 12.1. The molecule has 0 spiro atoms. The summed E-state index contributed by atoms with van der Waals surface area (Å²) in [6.45, 7) is 0. The minimum atomic E-state index is 0.749. The summed E-state index contributed by atoms with van der Waals surface area (Å²) in [6, 6.07) is 42.2. The number of para-hydroxylation sites is 1. The second-order valence-electron chi connectivity index (χ2n) is 8.29. The van der Waals surface area contributed by atoms with Gasteiger partial charge in [0.25, 0.3) is 0 Å². The summed E-state index contributed by atoms with van der Waals surface area (Å²) >= 11 is 1.69. The van der Waals surface area contributed by atoms with E-state index in [1.165, 1.54) is 22.3 Å². The molecule has 1 heterocycles. The van der Waals surface area contributed by atoms with Gasteiger partial charge in [-0.15, -0.1) is 11.3 Å². The van der Waals surface area contributed by atoms with Gasteiger partial charge in [0.05, 0.1) is 10.2 Å². The smallest absolute Gasteiger partial charge is 0.126 e. The highest BCUT2D eigenvalue weighted by Gasteiger charge is 2.15. The van der Waals surface area contributed by atoms with Crippen LogP contribution in [0.4, 0.5) is 5.69 Å². The van der Waals surface area contributed by atoms with E-state index in [-0.39, 0.29) is 0 Å². The topological polar surface area (TPSA) is 38.9 Å². The first-order valence-electron chi connectivity index (χ1n) is 11.3. The summed E-state index contributed by atoms with van der Waals surface area (Å²) in [5.74, 6) is 0. The molecule has 0 fully saturated rings. The van der Waals surface area contributed by atoms with E-state index in [0.29, 0.717) is 0 Å². The maximum absolute atomic E-state index is 6.28. The van der Waals surface area contributed by atoms with E-state index in [1.54, 1.807) is 11.3 Å². The van der Waals surface area contributed by atoms with Crippen LogP contribution in [-0.2, 0) is 0 Å². The number of hydrogen-bond acceptors (Lipinski definition) is 3. The minimum absolute atomic E-state index is 0.749. The zero-order valence-corrected chi connectivity index (χ0v) is 19.3. The van der Waals surface area contributed by atoms with Crippen molar-refractivity contribution in [3.05, 3.63) is 121 Å². The lowest BCUT2D eigenvalue weighted by atomic mass is 9.95. The zero-order chi connectivity index (χ0) is 22.9. The Morgan fingerprint density at radius 1 is 0.500 bits per heavy atom. The van der Waals surface area contributed by atoms with Gasteiger partial charge in [-0.3, -0.25) is 0 Å². The van der Waals surface area contributed by atoms with Gasteiger partial charge in [-0.1, -0.05) is 91.0 Å². The van der Waals surface area contributed by atoms with Crippen molar-refractivity contribution >= 4 is 27.2 Å². The van der Waals surface area contributed by atoms with Crippen molar-refractivity contribution in [3.8, 4) is 44.0 Å². The Morgan fingerprint density at radius 3 is 1.85 bits per heavy atom. The average molecular weight is 455 g/mol. The number of nitrogen functional groups attached to an aromatic ring is 1. The molecule has 0 aliphatic rings. The summed E-state index contributed by atoms with van der Waals surface area (Å²) in [6.07, 6.45) is 0. The molecule has 1 aromatic heterocycles. The number of aromatic nitrogens is 1. The normalized spacial score (nSPS) is 11.1. The lowest BCUT2D eigenvalue weighted by Crippen LogP contribution is -1.88. The molecule has 2 N–H and O–H groups in total. The number of hydrogen-bond donors (Lipinski definition) is 1. The summed E-state index contributed by atoms with van der Waals surface area (Å²) in [4.78, 5) is 5.06. The van der Waals surface area contributed by atoms with Crippen molar-refractivity contribution in [1.82, 2.24) is 4.98 Å². The Morgan fingerprint density at radius 2 is 1.12 bits per heavy atom. The Bertz CT molecular complexity index is 1600. The number of nitrogens with two attached hydrogens (primary N) is 1. The monoisotopic (exact) mass is 454 g/mol. The van der Waals surface area contributed by atoms with Crippen LogP contribution >= 0.6 is 11.3 Å². The van der Waals surface area contributed by atoms with E-state index >= 15 is 0 Å². The van der Waals surface area contributed by atoms with E-state index in [4.69, 9.17) is 10.7 Å². The van der Waals surface area contributed by atoms with Crippen molar-refractivity contribution in [1.29, 1.82) is 0 Å². The summed E-state index contributed by atoms with van der Waals surface area (Å²) in [5, 5.41) is 0.945. The number of benzene rings is 5. The molecule has 0 saturated heterocycles. The molecule has 162 valence electrons. The molecule has 6 aromatic rings. The maximum atomic E-state index is 6.28. The Balaban J connectivity index is 1.56. The number of fused-ring (bicyclic) bond motifs is 1. The summed E-state index contributed by atoms with van der Waals surface area (Å²) in [5.41, 5.74) is 16.1. The van der Waals surface area contributed by atoms with Crippen molar-refractivity contribution in [3.63, 3.8) is 0 Å². The van der Waals surface area contributed by atoms with E-state index < -0.39 is 0 Å². The highest BCUT2D eigenvalue weighted by Crippen LogP contribution is 2.40. The Hall–Kier alpha value is -4.21. The fraction of sp³-hybridized carbons (Fsp3) is 0. The first-order chi connectivity index (χ1) is 16.8. The van der Waals surface area contributed by atoms with Gasteiger partial charge in [0.2, 0.25) is 0 Å². The van der Waals surface area contributed by atoms with Gasteiger partial charge >= 0.3 is 0 Å². The number of anilines is 1. The van der Waals surface area contributed by atoms with Crippen LogP contribution in [-0.4, -0.2) is 4.98 Å². The Labute approximate surface area is 203 Å². The van der Waals surface area contributed by atoms with Gasteiger partial charge in [0, 0.05) is 16.8 Å². The highest BCUT2D eigenvalue weighted by atomic mass is 32.1. The predicted octanol–water partition coefficient (Wildman–Crippen LogP) is 8.55. The van der Waals surface area contributed by atoms with Crippen molar-refractivity contribution in [2.45, 2.75) is 0 Å². The molecular weight excluding hydrogens is 432 g/mol. The molecule has 0 saturated carbocycles. The molecular formula is C31H22N2S. The van der Waals surface area contributed by atoms with E-state index in [9.17, 15) is 0 Å². The standard InChI is InChI=1S/C31H22N2S/c32-28-17-8-7-16-26(28)31-33-30-27(22-12-5-2-6-13-22)19-25(20-29(30)34-31)24-15-9-14-23(18-24)21-10-3-1-4-11-21/h1-20H,32H2. The third-order valence-corrected chi connectivity index (χ3v) is 7.11. The van der Waals surface area contributed by atoms with Crippen molar-refractivity contribution < 1.29 is 0 Å². The quantitative estimate of drug-likeness (QED) is 0.271. The van der Waals surface area contributed by atoms with Crippen LogP contribution in [0.1, 0.15) is 0 Å². The molecule has 0 unspecified atom stereocenters. The molecule has 0 atom stereocenters. The molecule has 0 aliphatic carbocycles. The fourth-order valence-electron chi connectivity index (χ4n) is 4.35. The van der Waals surface area contributed by atoms with Gasteiger partial charge < -0.3 is 5.73 Å². The summed E-state index contributed by atoms with van der Waals surface area (Å²) in [7, 11) is 0. The SMILES string of the molecule is Nc1ccccc1-c1nc2c(-c3ccccc3)cc(-c3cccc(-c4ccccc4)c3)cc2s1. The molecule has 0 radical (unpaired) electrons. The molecule has 34 heavy (non-hydrogen) atoms. The number of nitrogens with zero attached hydrogens (tertiary/aromatic N) is 1. The minimum Gasteiger partial charge on any atom is -0.398 e. The molecule has 0 bridgehead atoms. The number of thiazole rings is 1. The van der Waals surface area contributed by atoms with Crippen LogP contribution < -0.4 is 5.73 Å². The first kappa shape index (κ1) is 20.4. The second kappa shape index (κ2) is 8.62. The predicted molar refractivity (Wildman–Crippen MR) is 146 cm³/mol. The maximum Gasteiger partial charge on any atom is 0.126 e. The lowest BCUT2D eigenvalue weighted by molar-refractivity contribution is 1.47. The van der Waals surface area contributed by atoms with Crippen molar-refractivity contribution in [2.24, 2.45) is 0 Å². The molecule has 0 amide bonds.